The van der Waals surface area contributed by atoms with E-state index < -0.39 is 0 Å². The SMILES string of the molecule is C[C@@H](N)c1cccc(OCc2ncnn2C)c1. The van der Waals surface area contributed by atoms with E-state index in [4.69, 9.17) is 10.5 Å². The van der Waals surface area contributed by atoms with Gasteiger partial charge in [0.15, 0.2) is 5.82 Å². The maximum Gasteiger partial charge on any atom is 0.164 e. The van der Waals surface area contributed by atoms with Crippen LogP contribution in [0.1, 0.15) is 24.4 Å². The Balaban J connectivity index is 2.04. The van der Waals surface area contributed by atoms with E-state index in [2.05, 4.69) is 10.1 Å². The maximum atomic E-state index is 5.82. The van der Waals surface area contributed by atoms with Gasteiger partial charge in [-0.3, -0.25) is 4.68 Å². The van der Waals surface area contributed by atoms with Gasteiger partial charge in [0.1, 0.15) is 18.7 Å². The van der Waals surface area contributed by atoms with Gasteiger partial charge in [-0.05, 0) is 24.6 Å². The Morgan fingerprint density at radius 1 is 1.47 bits per heavy atom. The number of benzene rings is 1. The van der Waals surface area contributed by atoms with Gasteiger partial charge in [0.05, 0.1) is 0 Å². The third-order valence-electron chi connectivity index (χ3n) is 2.56. The van der Waals surface area contributed by atoms with Crippen molar-refractivity contribution < 1.29 is 4.74 Å². The average Bonchev–Trinajstić information content (AvgIpc) is 2.72. The van der Waals surface area contributed by atoms with E-state index in [0.29, 0.717) is 6.61 Å². The highest BCUT2D eigenvalue weighted by Gasteiger charge is 2.04. The van der Waals surface area contributed by atoms with E-state index >= 15 is 0 Å². The van der Waals surface area contributed by atoms with E-state index in [0.717, 1.165) is 17.1 Å². The number of nitrogens with two attached hydrogens (primary N) is 1. The summed E-state index contributed by atoms with van der Waals surface area (Å²) >= 11 is 0. The van der Waals surface area contributed by atoms with Crippen molar-refractivity contribution >= 4 is 0 Å². The molecule has 0 saturated heterocycles. The summed E-state index contributed by atoms with van der Waals surface area (Å²) in [5.41, 5.74) is 6.87. The molecule has 2 rings (SSSR count). The molecule has 5 heteroatoms. The Labute approximate surface area is 100 Å². The third-order valence-corrected chi connectivity index (χ3v) is 2.56. The molecule has 0 spiro atoms. The fourth-order valence-electron chi connectivity index (χ4n) is 1.49. The number of nitrogens with zero attached hydrogens (tertiary/aromatic N) is 3. The lowest BCUT2D eigenvalue weighted by atomic mass is 10.1. The molecule has 0 fully saturated rings. The number of aromatic nitrogens is 3. The summed E-state index contributed by atoms with van der Waals surface area (Å²) < 4.78 is 7.33. The van der Waals surface area contributed by atoms with Crippen molar-refractivity contribution in [1.29, 1.82) is 0 Å². The Kier molecular flexibility index (Phi) is 3.39. The Bertz CT molecular complexity index is 493. The van der Waals surface area contributed by atoms with Crippen LogP contribution in [0.2, 0.25) is 0 Å². The van der Waals surface area contributed by atoms with Crippen molar-refractivity contribution in [2.24, 2.45) is 12.8 Å². The van der Waals surface area contributed by atoms with E-state index in [1.165, 1.54) is 6.33 Å². The van der Waals surface area contributed by atoms with Gasteiger partial charge in [-0.15, -0.1) is 0 Å². The minimum absolute atomic E-state index is 0.00776. The molecular formula is C12H16N4O. The molecule has 1 aromatic heterocycles. The summed E-state index contributed by atoms with van der Waals surface area (Å²) in [7, 11) is 1.84. The van der Waals surface area contributed by atoms with Crippen LogP contribution in [-0.2, 0) is 13.7 Å². The van der Waals surface area contributed by atoms with Gasteiger partial charge in [-0.2, -0.15) is 5.10 Å². The molecule has 0 bridgehead atoms. The van der Waals surface area contributed by atoms with Gasteiger partial charge in [0.25, 0.3) is 0 Å². The fourth-order valence-corrected chi connectivity index (χ4v) is 1.49. The second kappa shape index (κ2) is 4.97. The summed E-state index contributed by atoms with van der Waals surface area (Å²) in [6, 6.07) is 7.78. The number of hydrogen-bond acceptors (Lipinski definition) is 4. The first kappa shape index (κ1) is 11.6. The predicted octanol–water partition coefficient (Wildman–Crippen LogP) is 1.41. The highest BCUT2D eigenvalue weighted by Crippen LogP contribution is 2.18. The lowest BCUT2D eigenvalue weighted by Gasteiger charge is -2.09. The first-order chi connectivity index (χ1) is 8.16. The van der Waals surface area contributed by atoms with Gasteiger partial charge in [0, 0.05) is 13.1 Å². The van der Waals surface area contributed by atoms with Gasteiger partial charge < -0.3 is 10.5 Å². The molecule has 0 aliphatic carbocycles. The third kappa shape index (κ3) is 2.82. The van der Waals surface area contributed by atoms with Crippen LogP contribution in [0.4, 0.5) is 0 Å². The van der Waals surface area contributed by atoms with Crippen molar-refractivity contribution in [1.82, 2.24) is 14.8 Å². The number of hydrogen-bond donors (Lipinski definition) is 1. The van der Waals surface area contributed by atoms with Crippen LogP contribution in [0.15, 0.2) is 30.6 Å². The fraction of sp³-hybridized carbons (Fsp3) is 0.333. The van der Waals surface area contributed by atoms with Crippen LogP contribution in [0.3, 0.4) is 0 Å². The van der Waals surface area contributed by atoms with Crippen molar-refractivity contribution in [3.05, 3.63) is 42.0 Å². The van der Waals surface area contributed by atoms with Gasteiger partial charge in [-0.25, -0.2) is 4.98 Å². The van der Waals surface area contributed by atoms with Crippen molar-refractivity contribution in [3.8, 4) is 5.75 Å². The van der Waals surface area contributed by atoms with E-state index in [1.54, 1.807) is 4.68 Å². The van der Waals surface area contributed by atoms with Crippen LogP contribution in [0.5, 0.6) is 5.75 Å². The van der Waals surface area contributed by atoms with Crippen LogP contribution >= 0.6 is 0 Å². The molecule has 1 atom stereocenters. The normalized spacial score (nSPS) is 12.4. The van der Waals surface area contributed by atoms with Crippen molar-refractivity contribution in [2.45, 2.75) is 19.6 Å². The van der Waals surface area contributed by atoms with Gasteiger partial charge in [0.2, 0.25) is 0 Å². The van der Waals surface area contributed by atoms with Crippen molar-refractivity contribution in [2.75, 3.05) is 0 Å². The first-order valence-corrected chi connectivity index (χ1v) is 5.48. The zero-order chi connectivity index (χ0) is 12.3. The van der Waals surface area contributed by atoms with Crippen LogP contribution in [0.25, 0.3) is 0 Å². The second-order valence-electron chi connectivity index (χ2n) is 3.95. The molecule has 90 valence electrons. The molecule has 0 saturated carbocycles. The minimum atomic E-state index is 0.00776. The van der Waals surface area contributed by atoms with E-state index in [-0.39, 0.29) is 6.04 Å². The molecule has 1 aromatic carbocycles. The molecular weight excluding hydrogens is 216 g/mol. The average molecular weight is 232 g/mol. The standard InChI is InChI=1S/C12H16N4O/c1-9(13)10-4-3-5-11(6-10)17-7-12-14-8-15-16(12)2/h3-6,8-9H,7,13H2,1-2H3/t9-/m1/s1. The molecule has 0 aliphatic heterocycles. The molecule has 0 aliphatic rings. The zero-order valence-corrected chi connectivity index (χ0v) is 10.00. The lowest BCUT2D eigenvalue weighted by molar-refractivity contribution is 0.289. The number of ether oxygens (including phenoxy) is 1. The van der Waals surface area contributed by atoms with Gasteiger partial charge in [-0.1, -0.05) is 12.1 Å². The second-order valence-corrected chi connectivity index (χ2v) is 3.95. The molecule has 5 nitrogen and oxygen atoms in total. The molecule has 2 N–H and O–H groups in total. The smallest absolute Gasteiger partial charge is 0.164 e. The maximum absolute atomic E-state index is 5.82. The summed E-state index contributed by atoms with van der Waals surface area (Å²) in [6.07, 6.45) is 1.51. The quantitative estimate of drug-likeness (QED) is 0.865. The predicted molar refractivity (Wildman–Crippen MR) is 64.4 cm³/mol. The molecule has 0 radical (unpaired) electrons. The molecule has 0 amide bonds. The Morgan fingerprint density at radius 3 is 2.94 bits per heavy atom. The topological polar surface area (TPSA) is 66.0 Å². The van der Waals surface area contributed by atoms with Gasteiger partial charge >= 0.3 is 0 Å². The number of aryl methyl sites for hydroxylation is 1. The molecule has 17 heavy (non-hydrogen) atoms. The lowest BCUT2D eigenvalue weighted by Crippen LogP contribution is -2.06. The summed E-state index contributed by atoms with van der Waals surface area (Å²) in [5.74, 6) is 1.58. The van der Waals surface area contributed by atoms with Crippen LogP contribution in [-0.4, -0.2) is 14.8 Å². The van der Waals surface area contributed by atoms with E-state index in [9.17, 15) is 0 Å². The summed E-state index contributed by atoms with van der Waals surface area (Å²) in [4.78, 5) is 4.09. The Hall–Kier alpha value is -1.88. The highest BCUT2D eigenvalue weighted by atomic mass is 16.5. The minimum Gasteiger partial charge on any atom is -0.486 e. The van der Waals surface area contributed by atoms with E-state index in [1.807, 2.05) is 38.2 Å². The molecule has 1 heterocycles. The number of rotatable bonds is 4. The van der Waals surface area contributed by atoms with Crippen molar-refractivity contribution in [3.63, 3.8) is 0 Å². The summed E-state index contributed by atoms with van der Waals surface area (Å²) in [5, 5.41) is 3.98. The zero-order valence-electron chi connectivity index (χ0n) is 10.00. The summed E-state index contributed by atoms with van der Waals surface area (Å²) in [6.45, 7) is 2.35. The molecule has 2 aromatic rings. The Morgan fingerprint density at radius 2 is 2.29 bits per heavy atom. The monoisotopic (exact) mass is 232 g/mol. The molecule has 0 unspecified atom stereocenters. The highest BCUT2D eigenvalue weighted by molar-refractivity contribution is 5.30. The van der Waals surface area contributed by atoms with Crippen LogP contribution < -0.4 is 10.5 Å². The largest absolute Gasteiger partial charge is 0.486 e. The first-order valence-electron chi connectivity index (χ1n) is 5.48. The van der Waals surface area contributed by atoms with Crippen LogP contribution in [0, 0.1) is 0 Å².